The number of aryl methyl sites for hydroxylation is 1. The van der Waals surface area contributed by atoms with Crippen LogP contribution in [0.5, 0.6) is 5.75 Å². The SMILES string of the molecule is COc1c(Br)cc(/C=C(\C#N)C(=O)Nc2ccc(C)c(Cl)c2)cc1Br. The molecule has 1 amide bonds. The lowest BCUT2D eigenvalue weighted by molar-refractivity contribution is -0.112. The van der Waals surface area contributed by atoms with Gasteiger partial charge in [0, 0.05) is 10.7 Å². The average molecular weight is 485 g/mol. The molecule has 0 atom stereocenters. The largest absolute Gasteiger partial charge is 0.494 e. The van der Waals surface area contributed by atoms with Crippen molar-refractivity contribution in [2.45, 2.75) is 6.92 Å². The fourth-order valence-corrected chi connectivity index (χ4v) is 3.77. The van der Waals surface area contributed by atoms with Gasteiger partial charge in [-0.3, -0.25) is 4.79 Å². The van der Waals surface area contributed by atoms with Gasteiger partial charge in [-0.15, -0.1) is 0 Å². The van der Waals surface area contributed by atoms with E-state index >= 15 is 0 Å². The molecule has 0 saturated heterocycles. The molecule has 25 heavy (non-hydrogen) atoms. The first-order chi connectivity index (χ1) is 11.8. The van der Waals surface area contributed by atoms with E-state index in [0.29, 0.717) is 31.0 Å². The van der Waals surface area contributed by atoms with Gasteiger partial charge in [-0.1, -0.05) is 17.7 Å². The number of ether oxygens (including phenoxy) is 1. The van der Waals surface area contributed by atoms with Crippen molar-refractivity contribution >= 4 is 61.1 Å². The lowest BCUT2D eigenvalue weighted by Gasteiger charge is -2.08. The number of carbonyl (C=O) groups is 1. The Hall–Kier alpha value is -1.81. The minimum absolute atomic E-state index is 0.0272. The molecule has 7 heteroatoms. The van der Waals surface area contributed by atoms with Crippen molar-refractivity contribution in [2.24, 2.45) is 0 Å². The lowest BCUT2D eigenvalue weighted by Crippen LogP contribution is -2.13. The van der Waals surface area contributed by atoms with Crippen molar-refractivity contribution in [2.75, 3.05) is 12.4 Å². The fraction of sp³-hybridized carbons (Fsp3) is 0.111. The number of hydrogen-bond donors (Lipinski definition) is 1. The Morgan fingerprint density at radius 1 is 1.28 bits per heavy atom. The summed E-state index contributed by atoms with van der Waals surface area (Å²) < 4.78 is 6.65. The molecular formula is C18H13Br2ClN2O2. The number of nitrogens with one attached hydrogen (secondary N) is 1. The van der Waals surface area contributed by atoms with Gasteiger partial charge in [-0.05, 0) is 80.3 Å². The van der Waals surface area contributed by atoms with Crippen molar-refractivity contribution in [1.29, 1.82) is 5.26 Å². The highest BCUT2D eigenvalue weighted by Crippen LogP contribution is 2.35. The van der Waals surface area contributed by atoms with Crippen molar-refractivity contribution in [3.63, 3.8) is 0 Å². The van der Waals surface area contributed by atoms with Gasteiger partial charge in [-0.25, -0.2) is 0 Å². The Kier molecular flexibility index (Phi) is 6.65. The first-order valence-corrected chi connectivity index (χ1v) is 9.04. The minimum atomic E-state index is -0.509. The summed E-state index contributed by atoms with van der Waals surface area (Å²) in [5.74, 6) is 0.125. The van der Waals surface area contributed by atoms with E-state index in [1.807, 2.05) is 13.0 Å². The second-order valence-electron chi connectivity index (χ2n) is 5.11. The molecule has 4 nitrogen and oxygen atoms in total. The lowest BCUT2D eigenvalue weighted by atomic mass is 10.1. The van der Waals surface area contributed by atoms with Gasteiger partial charge in [0.25, 0.3) is 5.91 Å². The third-order valence-electron chi connectivity index (χ3n) is 3.33. The average Bonchev–Trinajstić information content (AvgIpc) is 2.55. The topological polar surface area (TPSA) is 62.1 Å². The third-order valence-corrected chi connectivity index (χ3v) is 4.92. The van der Waals surface area contributed by atoms with Crippen molar-refractivity contribution in [3.8, 4) is 11.8 Å². The van der Waals surface area contributed by atoms with Gasteiger partial charge < -0.3 is 10.1 Å². The molecule has 0 heterocycles. The highest BCUT2D eigenvalue weighted by Gasteiger charge is 2.12. The zero-order valence-corrected chi connectivity index (χ0v) is 17.3. The predicted octanol–water partition coefficient (Wildman–Crippen LogP) is 5.73. The molecule has 0 saturated carbocycles. The van der Waals surface area contributed by atoms with Crippen LogP contribution in [-0.2, 0) is 4.79 Å². The van der Waals surface area contributed by atoms with Crippen LogP contribution in [0.2, 0.25) is 5.02 Å². The van der Waals surface area contributed by atoms with E-state index in [0.717, 1.165) is 5.56 Å². The number of methoxy groups -OCH3 is 1. The number of rotatable bonds is 4. The summed E-state index contributed by atoms with van der Waals surface area (Å²) in [5.41, 5.74) is 2.08. The molecule has 0 spiro atoms. The standard InChI is InChI=1S/C18H13Br2ClN2O2/c1-10-3-4-13(8-16(10)21)23-18(24)12(9-22)5-11-6-14(19)17(25-2)15(20)7-11/h3-8H,1-2H3,(H,23,24)/b12-5+. The smallest absolute Gasteiger partial charge is 0.266 e. The van der Waals surface area contributed by atoms with Crippen LogP contribution < -0.4 is 10.1 Å². The van der Waals surface area contributed by atoms with Crippen molar-refractivity contribution in [3.05, 3.63) is 61.0 Å². The van der Waals surface area contributed by atoms with E-state index in [2.05, 4.69) is 37.2 Å². The molecule has 0 aromatic heterocycles. The Bertz CT molecular complexity index is 881. The van der Waals surface area contributed by atoms with Crippen LogP contribution in [0.1, 0.15) is 11.1 Å². The number of anilines is 1. The van der Waals surface area contributed by atoms with Crippen molar-refractivity contribution < 1.29 is 9.53 Å². The third kappa shape index (κ3) is 4.85. The van der Waals surface area contributed by atoms with Gasteiger partial charge in [-0.2, -0.15) is 5.26 Å². The number of benzene rings is 2. The van der Waals surface area contributed by atoms with Crippen LogP contribution >= 0.6 is 43.5 Å². The van der Waals surface area contributed by atoms with Gasteiger partial charge in [0.1, 0.15) is 17.4 Å². The Morgan fingerprint density at radius 2 is 1.92 bits per heavy atom. The van der Waals surface area contributed by atoms with E-state index in [1.165, 1.54) is 6.08 Å². The molecule has 128 valence electrons. The summed E-state index contributed by atoms with van der Waals surface area (Å²) in [7, 11) is 1.56. The van der Waals surface area contributed by atoms with Crippen LogP contribution in [0.15, 0.2) is 44.9 Å². The summed E-state index contributed by atoms with van der Waals surface area (Å²) in [6.45, 7) is 1.87. The molecule has 2 rings (SSSR count). The quantitative estimate of drug-likeness (QED) is 0.446. The van der Waals surface area contributed by atoms with Crippen LogP contribution in [-0.4, -0.2) is 13.0 Å². The van der Waals surface area contributed by atoms with Gasteiger partial charge >= 0.3 is 0 Å². The van der Waals surface area contributed by atoms with E-state index in [9.17, 15) is 10.1 Å². The molecular weight excluding hydrogens is 471 g/mol. The molecule has 2 aromatic rings. The second-order valence-corrected chi connectivity index (χ2v) is 7.22. The first kappa shape index (κ1) is 19.5. The van der Waals surface area contributed by atoms with Crippen LogP contribution in [0.25, 0.3) is 6.08 Å². The first-order valence-electron chi connectivity index (χ1n) is 7.08. The summed E-state index contributed by atoms with van der Waals surface area (Å²) in [4.78, 5) is 12.3. The van der Waals surface area contributed by atoms with Crippen LogP contribution in [0.4, 0.5) is 5.69 Å². The monoisotopic (exact) mass is 482 g/mol. The Morgan fingerprint density at radius 3 is 2.44 bits per heavy atom. The van der Waals surface area contributed by atoms with Crippen molar-refractivity contribution in [1.82, 2.24) is 0 Å². The normalized spacial score (nSPS) is 11.0. The molecule has 0 aliphatic carbocycles. The zero-order chi connectivity index (χ0) is 18.6. The van der Waals surface area contributed by atoms with Gasteiger partial charge in [0.05, 0.1) is 16.1 Å². The molecule has 0 aliphatic heterocycles. The highest BCUT2D eigenvalue weighted by atomic mass is 79.9. The number of carbonyl (C=O) groups excluding carboxylic acids is 1. The molecule has 0 fully saturated rings. The van der Waals surface area contributed by atoms with E-state index < -0.39 is 5.91 Å². The van der Waals surface area contributed by atoms with Gasteiger partial charge in [0.15, 0.2) is 0 Å². The zero-order valence-electron chi connectivity index (χ0n) is 13.4. The number of nitriles is 1. The highest BCUT2D eigenvalue weighted by molar-refractivity contribution is 9.11. The van der Waals surface area contributed by atoms with E-state index in [4.69, 9.17) is 16.3 Å². The number of halogens is 3. The number of hydrogen-bond acceptors (Lipinski definition) is 3. The molecule has 1 N–H and O–H groups in total. The Balaban J connectivity index is 2.29. The van der Waals surface area contributed by atoms with E-state index in [1.54, 1.807) is 37.4 Å². The molecule has 0 unspecified atom stereocenters. The summed E-state index contributed by atoms with van der Waals surface area (Å²) in [6.07, 6.45) is 1.50. The summed E-state index contributed by atoms with van der Waals surface area (Å²) >= 11 is 12.8. The van der Waals surface area contributed by atoms with Crippen LogP contribution in [0, 0.1) is 18.3 Å². The maximum Gasteiger partial charge on any atom is 0.266 e. The maximum absolute atomic E-state index is 12.3. The molecule has 0 radical (unpaired) electrons. The predicted molar refractivity (Wildman–Crippen MR) is 107 cm³/mol. The minimum Gasteiger partial charge on any atom is -0.494 e. The number of nitrogens with zero attached hydrogens (tertiary/aromatic N) is 1. The van der Waals surface area contributed by atoms with Gasteiger partial charge in [0.2, 0.25) is 0 Å². The second kappa shape index (κ2) is 8.52. The fourth-order valence-electron chi connectivity index (χ4n) is 2.04. The molecule has 0 bridgehead atoms. The molecule has 2 aromatic carbocycles. The summed E-state index contributed by atoms with van der Waals surface area (Å²) in [6, 6.07) is 10.6. The summed E-state index contributed by atoms with van der Waals surface area (Å²) in [5, 5.41) is 12.5. The Labute approximate surface area is 167 Å². The van der Waals surface area contributed by atoms with Crippen LogP contribution in [0.3, 0.4) is 0 Å². The maximum atomic E-state index is 12.3. The van der Waals surface area contributed by atoms with E-state index in [-0.39, 0.29) is 5.57 Å². The molecule has 0 aliphatic rings. The number of amides is 1.